The minimum Gasteiger partial charge on any atom is -0.393 e. The van der Waals surface area contributed by atoms with Crippen LogP contribution in [0.25, 0.3) is 0 Å². The number of nitrogens with zero attached hydrogens (tertiary/aromatic N) is 1. The quantitative estimate of drug-likeness (QED) is 0.817. The van der Waals surface area contributed by atoms with E-state index in [1.54, 1.807) is 0 Å². The molecule has 2 atom stereocenters. The van der Waals surface area contributed by atoms with Crippen molar-refractivity contribution in [2.24, 2.45) is 5.92 Å². The second kappa shape index (κ2) is 6.19. The molecule has 0 amide bonds. The smallest absolute Gasteiger partial charge is 0.0527 e. The molecule has 1 saturated carbocycles. The Balaban J connectivity index is 1.91. The zero-order chi connectivity index (χ0) is 12.3. The van der Waals surface area contributed by atoms with Gasteiger partial charge in [0.05, 0.1) is 6.10 Å². The first-order chi connectivity index (χ1) is 8.16. The third kappa shape index (κ3) is 3.69. The molecule has 1 aliphatic heterocycles. The molecule has 0 aromatic heterocycles. The van der Waals surface area contributed by atoms with Gasteiger partial charge in [0.2, 0.25) is 0 Å². The van der Waals surface area contributed by atoms with Gasteiger partial charge in [-0.2, -0.15) is 0 Å². The molecule has 1 aliphatic carbocycles. The Morgan fingerprint density at radius 2 is 1.82 bits per heavy atom. The summed E-state index contributed by atoms with van der Waals surface area (Å²) in [5.41, 5.74) is 0. The van der Waals surface area contributed by atoms with Gasteiger partial charge in [-0.05, 0) is 64.3 Å². The monoisotopic (exact) mass is 239 g/mol. The second-order valence-electron chi connectivity index (χ2n) is 6.39. The Labute approximate surface area is 106 Å². The van der Waals surface area contributed by atoms with Crippen molar-refractivity contribution in [2.45, 2.75) is 83.4 Å². The predicted octanol–water partition coefficient (Wildman–Crippen LogP) is 3.19. The molecule has 2 aliphatic rings. The summed E-state index contributed by atoms with van der Waals surface area (Å²) in [6.45, 7) is 5.60. The first-order valence-electron chi connectivity index (χ1n) is 7.60. The lowest BCUT2D eigenvalue weighted by molar-refractivity contribution is 0.0358. The van der Waals surface area contributed by atoms with Crippen LogP contribution in [0.1, 0.15) is 65.2 Å². The lowest BCUT2D eigenvalue weighted by Gasteiger charge is -2.44. The lowest BCUT2D eigenvalue weighted by Crippen LogP contribution is -2.48. The molecule has 2 fully saturated rings. The van der Waals surface area contributed by atoms with Crippen LogP contribution in [0.4, 0.5) is 0 Å². The number of likely N-dealkylation sites (tertiary alicyclic amines) is 1. The van der Waals surface area contributed by atoms with E-state index in [0.717, 1.165) is 18.4 Å². The fourth-order valence-electron chi connectivity index (χ4n) is 3.72. The highest BCUT2D eigenvalue weighted by molar-refractivity contribution is 4.86. The number of piperidine rings is 1. The fraction of sp³-hybridized carbons (Fsp3) is 1.00. The van der Waals surface area contributed by atoms with E-state index < -0.39 is 0 Å². The maximum atomic E-state index is 9.64. The molecule has 0 bridgehead atoms. The van der Waals surface area contributed by atoms with Gasteiger partial charge in [0.1, 0.15) is 0 Å². The molecule has 2 rings (SSSR count). The van der Waals surface area contributed by atoms with Crippen LogP contribution in [0, 0.1) is 5.92 Å². The van der Waals surface area contributed by atoms with E-state index in [9.17, 15) is 5.11 Å². The topological polar surface area (TPSA) is 23.5 Å². The van der Waals surface area contributed by atoms with E-state index in [0.29, 0.717) is 6.04 Å². The highest BCUT2D eigenvalue weighted by atomic mass is 16.3. The summed E-state index contributed by atoms with van der Waals surface area (Å²) in [7, 11) is 0. The number of aliphatic hydroxyl groups is 1. The van der Waals surface area contributed by atoms with Crippen molar-refractivity contribution >= 4 is 0 Å². The molecule has 100 valence electrons. The summed E-state index contributed by atoms with van der Waals surface area (Å²) < 4.78 is 0. The van der Waals surface area contributed by atoms with Crippen molar-refractivity contribution in [2.75, 3.05) is 6.54 Å². The van der Waals surface area contributed by atoms with Crippen LogP contribution in [-0.2, 0) is 0 Å². The van der Waals surface area contributed by atoms with Crippen molar-refractivity contribution in [3.63, 3.8) is 0 Å². The number of hydrogen-bond acceptors (Lipinski definition) is 2. The van der Waals surface area contributed by atoms with Crippen LogP contribution in [-0.4, -0.2) is 34.7 Å². The molecule has 17 heavy (non-hydrogen) atoms. The van der Waals surface area contributed by atoms with Gasteiger partial charge in [-0.15, -0.1) is 0 Å². The van der Waals surface area contributed by atoms with Crippen LogP contribution < -0.4 is 0 Å². The minimum atomic E-state index is -0.136. The van der Waals surface area contributed by atoms with Crippen molar-refractivity contribution in [1.82, 2.24) is 4.90 Å². The van der Waals surface area contributed by atoms with E-state index in [-0.39, 0.29) is 6.10 Å². The Bertz CT molecular complexity index is 221. The van der Waals surface area contributed by atoms with Crippen LogP contribution in [0.5, 0.6) is 0 Å². The Hall–Kier alpha value is -0.0800. The molecule has 2 unspecified atom stereocenters. The molecular weight excluding hydrogens is 210 g/mol. The van der Waals surface area contributed by atoms with Crippen molar-refractivity contribution in [1.29, 1.82) is 0 Å². The van der Waals surface area contributed by atoms with Gasteiger partial charge in [-0.1, -0.05) is 13.3 Å². The maximum Gasteiger partial charge on any atom is 0.0527 e. The third-order valence-corrected chi connectivity index (χ3v) is 4.74. The summed E-state index contributed by atoms with van der Waals surface area (Å²) in [6.07, 6.45) is 10.4. The normalized spacial score (nSPS) is 37.9. The molecule has 1 heterocycles. The molecule has 2 heteroatoms. The van der Waals surface area contributed by atoms with E-state index in [2.05, 4.69) is 11.8 Å². The highest BCUT2D eigenvalue weighted by Crippen LogP contribution is 2.32. The SMILES string of the molecule is CC(O)CC1CCCCN1C1CCC(C)CC1. The first-order valence-corrected chi connectivity index (χ1v) is 7.60. The van der Waals surface area contributed by atoms with Crippen molar-refractivity contribution in [3.8, 4) is 0 Å². The third-order valence-electron chi connectivity index (χ3n) is 4.74. The van der Waals surface area contributed by atoms with E-state index in [4.69, 9.17) is 0 Å². The number of rotatable bonds is 3. The van der Waals surface area contributed by atoms with Crippen LogP contribution in [0.15, 0.2) is 0 Å². The van der Waals surface area contributed by atoms with Gasteiger partial charge in [-0.25, -0.2) is 0 Å². The largest absolute Gasteiger partial charge is 0.393 e. The van der Waals surface area contributed by atoms with Gasteiger partial charge in [0, 0.05) is 12.1 Å². The Morgan fingerprint density at radius 3 is 2.47 bits per heavy atom. The standard InChI is InChI=1S/C15H29NO/c1-12-6-8-14(9-7-12)16-10-4-3-5-15(16)11-13(2)17/h12-15,17H,3-11H2,1-2H3. The van der Waals surface area contributed by atoms with Crippen LogP contribution in [0.3, 0.4) is 0 Å². The van der Waals surface area contributed by atoms with E-state index in [1.165, 1.54) is 51.5 Å². The van der Waals surface area contributed by atoms with Crippen molar-refractivity contribution < 1.29 is 5.11 Å². The maximum absolute atomic E-state index is 9.64. The minimum absolute atomic E-state index is 0.136. The van der Waals surface area contributed by atoms with Gasteiger partial charge in [0.15, 0.2) is 0 Å². The number of aliphatic hydroxyl groups excluding tert-OH is 1. The molecule has 0 aromatic carbocycles. The summed E-state index contributed by atoms with van der Waals surface area (Å²) in [5, 5.41) is 9.64. The lowest BCUT2D eigenvalue weighted by atomic mass is 9.84. The van der Waals surface area contributed by atoms with E-state index in [1.807, 2.05) is 6.92 Å². The summed E-state index contributed by atoms with van der Waals surface area (Å²) in [6, 6.07) is 1.47. The zero-order valence-electron chi connectivity index (χ0n) is 11.6. The predicted molar refractivity (Wildman–Crippen MR) is 72.1 cm³/mol. The average Bonchev–Trinajstić information content (AvgIpc) is 2.30. The zero-order valence-corrected chi connectivity index (χ0v) is 11.6. The second-order valence-corrected chi connectivity index (χ2v) is 6.39. The van der Waals surface area contributed by atoms with Gasteiger partial charge < -0.3 is 5.11 Å². The summed E-state index contributed by atoms with van der Waals surface area (Å²) >= 11 is 0. The van der Waals surface area contributed by atoms with Crippen molar-refractivity contribution in [3.05, 3.63) is 0 Å². The average molecular weight is 239 g/mol. The summed E-state index contributed by atoms with van der Waals surface area (Å²) in [4.78, 5) is 2.74. The molecule has 0 radical (unpaired) electrons. The van der Waals surface area contributed by atoms with Gasteiger partial charge in [-0.3, -0.25) is 4.90 Å². The first kappa shape index (κ1) is 13.4. The van der Waals surface area contributed by atoms with E-state index >= 15 is 0 Å². The Morgan fingerprint density at radius 1 is 1.12 bits per heavy atom. The molecule has 1 saturated heterocycles. The molecule has 0 spiro atoms. The Kier molecular flexibility index (Phi) is 4.87. The molecule has 2 nitrogen and oxygen atoms in total. The van der Waals surface area contributed by atoms with Gasteiger partial charge in [0.25, 0.3) is 0 Å². The van der Waals surface area contributed by atoms with Crippen LogP contribution in [0.2, 0.25) is 0 Å². The van der Waals surface area contributed by atoms with Gasteiger partial charge >= 0.3 is 0 Å². The molecular formula is C15H29NO. The fourth-order valence-corrected chi connectivity index (χ4v) is 3.72. The molecule has 1 N–H and O–H groups in total. The number of hydrogen-bond donors (Lipinski definition) is 1. The molecule has 0 aromatic rings. The van der Waals surface area contributed by atoms with Crippen LogP contribution >= 0.6 is 0 Å². The highest BCUT2D eigenvalue weighted by Gasteiger charge is 2.31. The summed E-state index contributed by atoms with van der Waals surface area (Å²) in [5.74, 6) is 0.936.